The number of rotatable bonds is 7. The van der Waals surface area contributed by atoms with Gasteiger partial charge in [0.25, 0.3) is 0 Å². The Hall–Kier alpha value is -1.63. The Bertz CT molecular complexity index is 554. The molecule has 0 saturated carbocycles. The first-order valence-corrected chi connectivity index (χ1v) is 7.46. The minimum atomic E-state index is 0.652. The molecule has 0 radical (unpaired) electrons. The third kappa shape index (κ3) is 4.19. The van der Waals surface area contributed by atoms with E-state index in [0.29, 0.717) is 5.95 Å². The number of hydrogen-bond acceptors (Lipinski definition) is 5. The molecule has 2 aromatic heterocycles. The van der Waals surface area contributed by atoms with Crippen LogP contribution in [-0.2, 0) is 13.5 Å². The van der Waals surface area contributed by atoms with Gasteiger partial charge in [0.15, 0.2) is 0 Å². The molecule has 2 aromatic rings. The average molecular weight is 339 g/mol. The predicted molar refractivity (Wildman–Crippen MR) is 83.9 cm³/mol. The number of nitrogens with zero attached hydrogens (tertiary/aromatic N) is 4. The normalized spacial score (nSPS) is 10.6. The molecule has 20 heavy (non-hydrogen) atoms. The second-order valence-electron chi connectivity index (χ2n) is 4.52. The zero-order valence-corrected chi connectivity index (χ0v) is 13.3. The van der Waals surface area contributed by atoms with Crippen molar-refractivity contribution in [1.29, 1.82) is 0 Å². The molecular formula is C13H19BrN6. The van der Waals surface area contributed by atoms with Crippen molar-refractivity contribution in [2.75, 3.05) is 23.7 Å². The van der Waals surface area contributed by atoms with Crippen molar-refractivity contribution in [3.63, 3.8) is 0 Å². The Morgan fingerprint density at radius 2 is 2.10 bits per heavy atom. The number of aryl methyl sites for hydroxylation is 1. The third-order valence-electron chi connectivity index (χ3n) is 2.74. The molecule has 0 aliphatic rings. The van der Waals surface area contributed by atoms with Crippen LogP contribution in [0.15, 0.2) is 23.1 Å². The lowest BCUT2D eigenvalue weighted by Crippen LogP contribution is -2.10. The molecule has 0 spiro atoms. The summed E-state index contributed by atoms with van der Waals surface area (Å²) in [6.07, 6.45) is 7.61. The van der Waals surface area contributed by atoms with Crippen LogP contribution in [0.4, 0.5) is 11.8 Å². The summed E-state index contributed by atoms with van der Waals surface area (Å²) in [4.78, 5) is 8.67. The highest BCUT2D eigenvalue weighted by Gasteiger charge is 2.04. The minimum Gasteiger partial charge on any atom is -0.369 e. The highest BCUT2D eigenvalue weighted by atomic mass is 79.9. The van der Waals surface area contributed by atoms with Crippen molar-refractivity contribution in [3.8, 4) is 0 Å². The number of nitrogens with one attached hydrogen (secondary N) is 2. The minimum absolute atomic E-state index is 0.652. The number of anilines is 2. The molecule has 0 amide bonds. The van der Waals surface area contributed by atoms with Crippen LogP contribution < -0.4 is 10.6 Å². The van der Waals surface area contributed by atoms with Crippen molar-refractivity contribution in [2.24, 2.45) is 7.05 Å². The van der Waals surface area contributed by atoms with Crippen LogP contribution in [-0.4, -0.2) is 32.8 Å². The second kappa shape index (κ2) is 7.23. The van der Waals surface area contributed by atoms with Gasteiger partial charge in [0.2, 0.25) is 5.95 Å². The largest absolute Gasteiger partial charge is 0.369 e. The Kier molecular flexibility index (Phi) is 5.34. The summed E-state index contributed by atoms with van der Waals surface area (Å²) in [7, 11) is 1.92. The Morgan fingerprint density at radius 3 is 2.80 bits per heavy atom. The van der Waals surface area contributed by atoms with Crippen molar-refractivity contribution in [1.82, 2.24) is 19.7 Å². The molecule has 0 bridgehead atoms. The molecule has 6 nitrogen and oxygen atoms in total. The molecule has 0 saturated heterocycles. The van der Waals surface area contributed by atoms with Crippen LogP contribution >= 0.6 is 15.9 Å². The molecule has 2 N–H and O–H groups in total. The van der Waals surface area contributed by atoms with Gasteiger partial charge in [-0.15, -0.1) is 0 Å². The summed E-state index contributed by atoms with van der Waals surface area (Å²) in [6.45, 7) is 3.78. The fourth-order valence-corrected chi connectivity index (χ4v) is 2.07. The van der Waals surface area contributed by atoms with Gasteiger partial charge in [0.05, 0.1) is 10.7 Å². The maximum absolute atomic E-state index is 4.45. The van der Waals surface area contributed by atoms with Gasteiger partial charge in [-0.3, -0.25) is 4.68 Å². The zero-order chi connectivity index (χ0) is 14.4. The molecule has 7 heteroatoms. The first kappa shape index (κ1) is 14.8. The van der Waals surface area contributed by atoms with Gasteiger partial charge in [-0.25, -0.2) is 4.98 Å². The maximum Gasteiger partial charge on any atom is 0.224 e. The van der Waals surface area contributed by atoms with Gasteiger partial charge in [0, 0.05) is 32.5 Å². The van der Waals surface area contributed by atoms with E-state index in [1.54, 1.807) is 6.20 Å². The van der Waals surface area contributed by atoms with E-state index in [4.69, 9.17) is 0 Å². The lowest BCUT2D eigenvalue weighted by Gasteiger charge is -2.09. The summed E-state index contributed by atoms with van der Waals surface area (Å²) in [6, 6.07) is 0. The van der Waals surface area contributed by atoms with Gasteiger partial charge in [-0.1, -0.05) is 6.92 Å². The molecule has 108 valence electrons. The van der Waals surface area contributed by atoms with E-state index in [9.17, 15) is 0 Å². The van der Waals surface area contributed by atoms with Crippen molar-refractivity contribution in [2.45, 2.75) is 19.8 Å². The van der Waals surface area contributed by atoms with E-state index >= 15 is 0 Å². The number of aromatic nitrogens is 4. The van der Waals surface area contributed by atoms with Gasteiger partial charge >= 0.3 is 0 Å². The van der Waals surface area contributed by atoms with E-state index in [0.717, 1.165) is 36.2 Å². The molecule has 0 aliphatic heterocycles. The maximum atomic E-state index is 4.45. The molecule has 0 aromatic carbocycles. The highest BCUT2D eigenvalue weighted by Crippen LogP contribution is 2.20. The van der Waals surface area contributed by atoms with Gasteiger partial charge in [-0.2, -0.15) is 10.1 Å². The first-order valence-electron chi connectivity index (χ1n) is 6.67. The SMILES string of the molecule is CCCNc1ncc(Br)c(NCCc2cnn(C)c2)n1. The highest BCUT2D eigenvalue weighted by molar-refractivity contribution is 9.10. The summed E-state index contributed by atoms with van der Waals surface area (Å²) < 4.78 is 2.67. The van der Waals surface area contributed by atoms with Gasteiger partial charge in [-0.05, 0) is 34.3 Å². The zero-order valence-electron chi connectivity index (χ0n) is 11.7. The van der Waals surface area contributed by atoms with Crippen LogP contribution in [0.2, 0.25) is 0 Å². The second-order valence-corrected chi connectivity index (χ2v) is 5.37. The van der Waals surface area contributed by atoms with E-state index < -0.39 is 0 Å². The van der Waals surface area contributed by atoms with E-state index in [1.165, 1.54) is 5.56 Å². The Labute approximate surface area is 127 Å². The fraction of sp³-hybridized carbons (Fsp3) is 0.462. The standard InChI is InChI=1S/C13H19BrN6/c1-3-5-16-13-17-8-11(14)12(19-13)15-6-4-10-7-18-20(2)9-10/h7-9H,3-6H2,1-2H3,(H2,15,16,17,19). The summed E-state index contributed by atoms with van der Waals surface area (Å²) in [5.41, 5.74) is 1.20. The van der Waals surface area contributed by atoms with Gasteiger partial charge in [0.1, 0.15) is 5.82 Å². The molecule has 2 rings (SSSR count). The van der Waals surface area contributed by atoms with Crippen LogP contribution in [0.5, 0.6) is 0 Å². The van der Waals surface area contributed by atoms with Crippen molar-refractivity contribution < 1.29 is 0 Å². The number of halogens is 1. The summed E-state index contributed by atoms with van der Waals surface area (Å²) in [5.74, 6) is 1.46. The van der Waals surface area contributed by atoms with Crippen LogP contribution in [0.25, 0.3) is 0 Å². The van der Waals surface area contributed by atoms with Crippen LogP contribution in [0.1, 0.15) is 18.9 Å². The van der Waals surface area contributed by atoms with E-state index in [-0.39, 0.29) is 0 Å². The molecule has 0 fully saturated rings. The number of hydrogen-bond donors (Lipinski definition) is 2. The van der Waals surface area contributed by atoms with Gasteiger partial charge < -0.3 is 10.6 Å². The van der Waals surface area contributed by atoms with Crippen molar-refractivity contribution >= 4 is 27.7 Å². The molecule has 2 heterocycles. The topological polar surface area (TPSA) is 67.7 Å². The lowest BCUT2D eigenvalue weighted by atomic mass is 10.2. The van der Waals surface area contributed by atoms with E-state index in [2.05, 4.69) is 48.6 Å². The van der Waals surface area contributed by atoms with Crippen LogP contribution in [0, 0.1) is 0 Å². The average Bonchev–Trinajstić information content (AvgIpc) is 2.85. The quantitative estimate of drug-likeness (QED) is 0.811. The molecule has 0 unspecified atom stereocenters. The monoisotopic (exact) mass is 338 g/mol. The smallest absolute Gasteiger partial charge is 0.224 e. The fourth-order valence-electron chi connectivity index (χ4n) is 1.74. The lowest BCUT2D eigenvalue weighted by molar-refractivity contribution is 0.767. The first-order chi connectivity index (χ1) is 9.69. The molecular weight excluding hydrogens is 320 g/mol. The van der Waals surface area contributed by atoms with E-state index in [1.807, 2.05) is 24.1 Å². The Morgan fingerprint density at radius 1 is 1.25 bits per heavy atom. The Balaban J connectivity index is 1.90. The van der Waals surface area contributed by atoms with Crippen molar-refractivity contribution in [3.05, 3.63) is 28.6 Å². The third-order valence-corrected chi connectivity index (χ3v) is 3.32. The molecule has 0 atom stereocenters. The predicted octanol–water partition coefficient (Wildman–Crippen LogP) is 2.45. The summed E-state index contributed by atoms with van der Waals surface area (Å²) in [5, 5.41) is 10.6. The molecule has 0 aliphatic carbocycles. The van der Waals surface area contributed by atoms with Crippen LogP contribution in [0.3, 0.4) is 0 Å². The summed E-state index contributed by atoms with van der Waals surface area (Å²) >= 11 is 3.46.